The lowest BCUT2D eigenvalue weighted by atomic mass is 9.84. The summed E-state index contributed by atoms with van der Waals surface area (Å²) in [6, 6.07) is 10.8. The highest BCUT2D eigenvalue weighted by molar-refractivity contribution is 5.92. The van der Waals surface area contributed by atoms with E-state index in [1.54, 1.807) is 12.1 Å². The molecular weight excluding hydrogens is 350 g/mol. The Morgan fingerprint density at radius 3 is 2.68 bits per heavy atom. The number of hydrogen-bond acceptors (Lipinski definition) is 4. The number of nitrogens with one attached hydrogen (secondary N) is 1. The molecule has 28 heavy (non-hydrogen) atoms. The summed E-state index contributed by atoms with van der Waals surface area (Å²) in [6.45, 7) is 2.37. The van der Waals surface area contributed by atoms with Gasteiger partial charge in [0.1, 0.15) is 5.75 Å². The van der Waals surface area contributed by atoms with Crippen LogP contribution in [-0.2, 0) is 6.42 Å². The molecule has 2 aliphatic carbocycles. The van der Waals surface area contributed by atoms with E-state index in [9.17, 15) is 4.79 Å². The number of ether oxygens (including phenoxy) is 1. The van der Waals surface area contributed by atoms with Crippen molar-refractivity contribution in [3.8, 4) is 11.6 Å². The molecule has 1 unspecified atom stereocenters. The Morgan fingerprint density at radius 2 is 1.96 bits per heavy atom. The zero-order valence-corrected chi connectivity index (χ0v) is 16.5. The first-order chi connectivity index (χ1) is 13.6. The third-order valence-corrected chi connectivity index (χ3v) is 6.12. The number of nitrogens with zero attached hydrogens (tertiary/aromatic N) is 1. The van der Waals surface area contributed by atoms with Crippen molar-refractivity contribution in [2.75, 3.05) is 0 Å². The van der Waals surface area contributed by atoms with Crippen LogP contribution in [0.2, 0.25) is 0 Å². The van der Waals surface area contributed by atoms with E-state index in [1.165, 1.54) is 55.8 Å². The highest BCUT2D eigenvalue weighted by atomic mass is 16.5. The third-order valence-electron chi connectivity index (χ3n) is 6.12. The predicted molar refractivity (Wildman–Crippen MR) is 110 cm³/mol. The summed E-state index contributed by atoms with van der Waals surface area (Å²) < 4.78 is 5.89. The summed E-state index contributed by atoms with van der Waals surface area (Å²) in [5.74, 6) is 1.64. The minimum absolute atomic E-state index is 0.379. The first-order valence-corrected chi connectivity index (χ1v) is 10.4. The van der Waals surface area contributed by atoms with Crippen molar-refractivity contribution in [2.45, 2.75) is 64.0 Å². The van der Waals surface area contributed by atoms with Crippen LogP contribution < -0.4 is 15.8 Å². The molecule has 0 spiro atoms. The second-order valence-corrected chi connectivity index (χ2v) is 8.28. The van der Waals surface area contributed by atoms with Gasteiger partial charge in [0.25, 0.3) is 0 Å². The topological polar surface area (TPSA) is 77.2 Å². The largest absolute Gasteiger partial charge is 0.439 e. The van der Waals surface area contributed by atoms with Crippen molar-refractivity contribution < 1.29 is 9.53 Å². The molecule has 148 valence electrons. The molecular formula is C23H29N3O2. The fourth-order valence-electron chi connectivity index (χ4n) is 4.45. The molecule has 5 nitrogen and oxygen atoms in total. The van der Waals surface area contributed by atoms with Gasteiger partial charge in [-0.1, -0.05) is 13.0 Å². The maximum absolute atomic E-state index is 11.2. The number of carbonyl (C=O) groups is 1. The lowest BCUT2D eigenvalue weighted by Crippen LogP contribution is -2.37. The first kappa shape index (κ1) is 18.9. The summed E-state index contributed by atoms with van der Waals surface area (Å²) in [4.78, 5) is 15.3. The van der Waals surface area contributed by atoms with Gasteiger partial charge in [-0.15, -0.1) is 0 Å². The smallest absolute Gasteiger partial charge is 0.250 e. The number of aryl methyl sites for hydroxylation is 1. The van der Waals surface area contributed by atoms with Crippen molar-refractivity contribution >= 4 is 5.91 Å². The van der Waals surface area contributed by atoms with Crippen LogP contribution >= 0.6 is 0 Å². The van der Waals surface area contributed by atoms with Crippen molar-refractivity contribution in [1.82, 2.24) is 10.3 Å². The quantitative estimate of drug-likeness (QED) is 0.801. The molecule has 0 radical (unpaired) electrons. The van der Waals surface area contributed by atoms with Gasteiger partial charge in [0.2, 0.25) is 11.8 Å². The second kappa shape index (κ2) is 8.31. The maximum Gasteiger partial charge on any atom is 0.250 e. The fraction of sp³-hybridized carbons (Fsp3) is 0.478. The molecule has 1 aromatic carbocycles. The number of rotatable bonds is 5. The van der Waals surface area contributed by atoms with E-state index in [0.717, 1.165) is 18.1 Å². The fourth-order valence-corrected chi connectivity index (χ4v) is 4.45. The Morgan fingerprint density at radius 1 is 1.14 bits per heavy atom. The van der Waals surface area contributed by atoms with Gasteiger partial charge in [0.05, 0.1) is 5.56 Å². The van der Waals surface area contributed by atoms with Gasteiger partial charge in [-0.3, -0.25) is 4.79 Å². The van der Waals surface area contributed by atoms with Crippen molar-refractivity contribution in [2.24, 2.45) is 11.7 Å². The monoisotopic (exact) mass is 379 g/mol. The number of amides is 1. The molecule has 1 saturated carbocycles. The molecule has 0 aliphatic heterocycles. The van der Waals surface area contributed by atoms with Gasteiger partial charge in [-0.2, -0.15) is 0 Å². The van der Waals surface area contributed by atoms with Gasteiger partial charge in [0.15, 0.2) is 0 Å². The Bertz CT molecular complexity index is 826. The molecule has 5 heteroatoms. The third kappa shape index (κ3) is 4.36. The van der Waals surface area contributed by atoms with E-state index in [4.69, 9.17) is 10.5 Å². The first-order valence-electron chi connectivity index (χ1n) is 10.4. The molecule has 0 saturated heterocycles. The molecule has 4 rings (SSSR count). The summed E-state index contributed by atoms with van der Waals surface area (Å²) >= 11 is 0. The molecule has 1 aromatic heterocycles. The lowest BCUT2D eigenvalue weighted by molar-refractivity contribution is 0.1000. The summed E-state index contributed by atoms with van der Waals surface area (Å²) in [7, 11) is 0. The molecule has 1 atom stereocenters. The minimum atomic E-state index is -0.487. The standard InChI is InChI=1S/C23H29N3O2/c1-15-5-8-18(9-6-15)26-21-4-2-3-16-13-19(10-11-20(16)21)28-22-12-7-17(14-25-22)23(24)27/h7,10-15,18,21,26H,2-6,8-9H2,1H3,(H2,24,27). The summed E-state index contributed by atoms with van der Waals surface area (Å²) in [5, 5.41) is 3.92. The van der Waals surface area contributed by atoms with Gasteiger partial charge < -0.3 is 15.8 Å². The maximum atomic E-state index is 11.2. The van der Waals surface area contributed by atoms with Crippen LogP contribution in [0.3, 0.4) is 0 Å². The Hall–Kier alpha value is -2.40. The van der Waals surface area contributed by atoms with Crippen LogP contribution in [0.15, 0.2) is 36.5 Å². The number of fused-ring (bicyclic) bond motifs is 1. The number of carbonyl (C=O) groups excluding carboxylic acids is 1. The normalized spacial score (nSPS) is 24.4. The van der Waals surface area contributed by atoms with E-state index >= 15 is 0 Å². The summed E-state index contributed by atoms with van der Waals surface area (Å²) in [5.41, 5.74) is 8.40. The molecule has 1 amide bonds. The zero-order chi connectivity index (χ0) is 19.5. The molecule has 3 N–H and O–H groups in total. The van der Waals surface area contributed by atoms with E-state index in [1.807, 2.05) is 6.07 Å². The highest BCUT2D eigenvalue weighted by Crippen LogP contribution is 2.35. The second-order valence-electron chi connectivity index (χ2n) is 8.28. The average Bonchev–Trinajstić information content (AvgIpc) is 2.70. The number of hydrogen-bond donors (Lipinski definition) is 2. The van der Waals surface area contributed by atoms with Crippen LogP contribution in [-0.4, -0.2) is 16.9 Å². The number of aromatic nitrogens is 1. The van der Waals surface area contributed by atoms with E-state index in [-0.39, 0.29) is 0 Å². The Kier molecular flexibility index (Phi) is 5.62. The summed E-state index contributed by atoms with van der Waals surface area (Å²) in [6.07, 6.45) is 10.2. The van der Waals surface area contributed by atoms with Gasteiger partial charge >= 0.3 is 0 Å². The van der Waals surface area contributed by atoms with Crippen LogP contribution in [0, 0.1) is 5.92 Å². The Balaban J connectivity index is 1.44. The average molecular weight is 380 g/mol. The van der Waals surface area contributed by atoms with Gasteiger partial charge in [0, 0.05) is 24.3 Å². The van der Waals surface area contributed by atoms with Crippen molar-refractivity contribution in [3.63, 3.8) is 0 Å². The number of primary amides is 1. The number of benzene rings is 1. The number of pyridine rings is 1. The molecule has 1 fully saturated rings. The van der Waals surface area contributed by atoms with Crippen LogP contribution in [0.5, 0.6) is 11.6 Å². The Labute approximate surface area is 166 Å². The van der Waals surface area contributed by atoms with Crippen LogP contribution in [0.25, 0.3) is 0 Å². The minimum Gasteiger partial charge on any atom is -0.439 e. The van der Waals surface area contributed by atoms with Gasteiger partial charge in [-0.25, -0.2) is 4.98 Å². The molecule has 2 aromatic rings. The predicted octanol–water partition coefficient (Wildman–Crippen LogP) is 4.52. The van der Waals surface area contributed by atoms with Crippen LogP contribution in [0.1, 0.15) is 73.0 Å². The van der Waals surface area contributed by atoms with E-state index in [2.05, 4.69) is 29.4 Å². The van der Waals surface area contributed by atoms with Crippen LogP contribution in [0.4, 0.5) is 0 Å². The van der Waals surface area contributed by atoms with E-state index in [0.29, 0.717) is 23.5 Å². The van der Waals surface area contributed by atoms with Crippen molar-refractivity contribution in [3.05, 3.63) is 53.2 Å². The van der Waals surface area contributed by atoms with E-state index < -0.39 is 5.91 Å². The molecule has 0 bridgehead atoms. The SMILES string of the molecule is CC1CCC(NC2CCCc3cc(Oc4ccc(C(N)=O)cn4)ccc32)CC1. The molecule has 1 heterocycles. The number of nitrogens with two attached hydrogens (primary N) is 1. The highest BCUT2D eigenvalue weighted by Gasteiger charge is 2.25. The van der Waals surface area contributed by atoms with Gasteiger partial charge in [-0.05, 0) is 80.2 Å². The lowest BCUT2D eigenvalue weighted by Gasteiger charge is -2.34. The molecule has 2 aliphatic rings. The van der Waals surface area contributed by atoms with Crippen molar-refractivity contribution in [1.29, 1.82) is 0 Å². The zero-order valence-electron chi connectivity index (χ0n) is 16.5.